The highest BCUT2D eigenvalue weighted by atomic mass is 16.5. The van der Waals surface area contributed by atoms with Gasteiger partial charge in [0.2, 0.25) is 0 Å². The van der Waals surface area contributed by atoms with Gasteiger partial charge in [0.1, 0.15) is 11.5 Å². The Labute approximate surface area is 114 Å². The van der Waals surface area contributed by atoms with Crippen molar-refractivity contribution in [1.29, 1.82) is 0 Å². The predicted octanol–water partition coefficient (Wildman–Crippen LogP) is 0.642. The number of nitrogens with one attached hydrogen (secondary N) is 1. The van der Waals surface area contributed by atoms with E-state index in [1.54, 1.807) is 14.2 Å². The smallest absolute Gasteiger partial charge is 0.124 e. The molecule has 1 aliphatic heterocycles. The molecule has 1 saturated heterocycles. The van der Waals surface area contributed by atoms with Crippen molar-refractivity contribution in [2.75, 3.05) is 47.0 Å². The average Bonchev–Trinajstić information content (AvgIpc) is 2.49. The molecule has 5 heteroatoms. The zero-order valence-corrected chi connectivity index (χ0v) is 11.6. The van der Waals surface area contributed by atoms with Gasteiger partial charge in [-0.15, -0.1) is 0 Å². The predicted molar refractivity (Wildman–Crippen MR) is 73.8 cm³/mol. The highest BCUT2D eigenvalue weighted by molar-refractivity contribution is 5.42. The van der Waals surface area contributed by atoms with Gasteiger partial charge in [-0.25, -0.2) is 0 Å². The van der Waals surface area contributed by atoms with E-state index in [0.29, 0.717) is 0 Å². The summed E-state index contributed by atoms with van der Waals surface area (Å²) < 4.78 is 10.7. The molecular weight excluding hydrogens is 244 g/mol. The van der Waals surface area contributed by atoms with Crippen LogP contribution in [-0.2, 0) is 0 Å². The van der Waals surface area contributed by atoms with Crippen LogP contribution in [0.25, 0.3) is 0 Å². The molecule has 1 atom stereocenters. The zero-order valence-electron chi connectivity index (χ0n) is 11.6. The summed E-state index contributed by atoms with van der Waals surface area (Å²) in [4.78, 5) is 2.27. The molecule has 0 amide bonds. The van der Waals surface area contributed by atoms with Gasteiger partial charge in [-0.2, -0.15) is 0 Å². The van der Waals surface area contributed by atoms with Crippen LogP contribution in [0.3, 0.4) is 0 Å². The van der Waals surface area contributed by atoms with Gasteiger partial charge < -0.3 is 19.9 Å². The van der Waals surface area contributed by atoms with E-state index in [1.807, 2.05) is 18.2 Å². The van der Waals surface area contributed by atoms with Crippen LogP contribution in [-0.4, -0.2) is 57.0 Å². The van der Waals surface area contributed by atoms with E-state index in [0.717, 1.165) is 43.2 Å². The second-order valence-corrected chi connectivity index (χ2v) is 4.59. The van der Waals surface area contributed by atoms with Gasteiger partial charge in [0.15, 0.2) is 0 Å². The van der Waals surface area contributed by atoms with Crippen LogP contribution >= 0.6 is 0 Å². The van der Waals surface area contributed by atoms with Gasteiger partial charge in [0.25, 0.3) is 0 Å². The summed E-state index contributed by atoms with van der Waals surface area (Å²) in [7, 11) is 3.29. The maximum absolute atomic E-state index is 9.76. The molecule has 0 aromatic heterocycles. The Hall–Kier alpha value is -1.30. The number of aliphatic hydroxyl groups is 1. The van der Waals surface area contributed by atoms with Crippen molar-refractivity contribution in [3.05, 3.63) is 23.8 Å². The Balaban J connectivity index is 2.29. The second kappa shape index (κ2) is 6.75. The number of nitrogens with zero attached hydrogens (tertiary/aromatic N) is 1. The molecule has 2 rings (SSSR count). The second-order valence-electron chi connectivity index (χ2n) is 4.59. The number of ether oxygens (including phenoxy) is 2. The number of methoxy groups -OCH3 is 2. The molecule has 2 N–H and O–H groups in total. The molecular formula is C14H22N2O3. The molecule has 0 bridgehead atoms. The quantitative estimate of drug-likeness (QED) is 0.819. The number of rotatable bonds is 5. The fraction of sp³-hybridized carbons (Fsp3) is 0.571. The summed E-state index contributed by atoms with van der Waals surface area (Å²) in [6, 6.07) is 5.65. The van der Waals surface area contributed by atoms with Crippen LogP contribution in [0.1, 0.15) is 11.6 Å². The summed E-state index contributed by atoms with van der Waals surface area (Å²) in [5, 5.41) is 13.1. The molecule has 0 spiro atoms. The maximum Gasteiger partial charge on any atom is 0.124 e. The molecule has 106 valence electrons. The third-order valence-electron chi connectivity index (χ3n) is 3.56. The first-order chi connectivity index (χ1) is 9.30. The molecule has 5 nitrogen and oxygen atoms in total. The summed E-state index contributed by atoms with van der Waals surface area (Å²) >= 11 is 0. The van der Waals surface area contributed by atoms with Crippen LogP contribution in [0, 0.1) is 0 Å². The molecule has 19 heavy (non-hydrogen) atoms. The van der Waals surface area contributed by atoms with E-state index >= 15 is 0 Å². The number of hydrogen-bond acceptors (Lipinski definition) is 5. The first-order valence-corrected chi connectivity index (χ1v) is 6.57. The van der Waals surface area contributed by atoms with Crippen LogP contribution in [0.15, 0.2) is 18.2 Å². The van der Waals surface area contributed by atoms with Gasteiger partial charge in [0.05, 0.1) is 26.9 Å². The number of piperazine rings is 1. The molecule has 1 unspecified atom stereocenters. The van der Waals surface area contributed by atoms with Gasteiger partial charge in [-0.05, 0) is 18.2 Å². The fourth-order valence-electron chi connectivity index (χ4n) is 2.50. The summed E-state index contributed by atoms with van der Waals surface area (Å²) in [6.45, 7) is 3.81. The van der Waals surface area contributed by atoms with Crippen LogP contribution in [0.5, 0.6) is 11.5 Å². The van der Waals surface area contributed by atoms with Crippen molar-refractivity contribution in [3.63, 3.8) is 0 Å². The van der Waals surface area contributed by atoms with Gasteiger partial charge in [-0.3, -0.25) is 4.90 Å². The molecule has 1 aromatic carbocycles. The van der Waals surface area contributed by atoms with E-state index in [1.165, 1.54) is 0 Å². The Morgan fingerprint density at radius 3 is 2.58 bits per heavy atom. The average molecular weight is 266 g/mol. The fourth-order valence-corrected chi connectivity index (χ4v) is 2.50. The molecule has 0 aliphatic carbocycles. The lowest BCUT2D eigenvalue weighted by atomic mass is 10.0. The van der Waals surface area contributed by atoms with Crippen LogP contribution < -0.4 is 14.8 Å². The first-order valence-electron chi connectivity index (χ1n) is 6.57. The number of hydrogen-bond donors (Lipinski definition) is 2. The third-order valence-corrected chi connectivity index (χ3v) is 3.56. The molecule has 0 radical (unpaired) electrons. The topological polar surface area (TPSA) is 54.0 Å². The van der Waals surface area contributed by atoms with Crippen LogP contribution in [0.2, 0.25) is 0 Å². The van der Waals surface area contributed by atoms with Crippen molar-refractivity contribution in [1.82, 2.24) is 10.2 Å². The monoisotopic (exact) mass is 266 g/mol. The van der Waals surface area contributed by atoms with Crippen molar-refractivity contribution < 1.29 is 14.6 Å². The lowest BCUT2D eigenvalue weighted by Gasteiger charge is -2.34. The van der Waals surface area contributed by atoms with Gasteiger partial charge in [0, 0.05) is 31.7 Å². The minimum atomic E-state index is -0.0489. The summed E-state index contributed by atoms with van der Waals surface area (Å²) in [6.07, 6.45) is 0. The van der Waals surface area contributed by atoms with E-state index in [9.17, 15) is 5.11 Å². The number of aliphatic hydroxyl groups excluding tert-OH is 1. The molecule has 0 saturated carbocycles. The molecule has 1 aliphatic rings. The van der Waals surface area contributed by atoms with E-state index in [-0.39, 0.29) is 12.6 Å². The van der Waals surface area contributed by atoms with Gasteiger partial charge >= 0.3 is 0 Å². The molecule has 1 aromatic rings. The Bertz CT molecular complexity index is 406. The lowest BCUT2D eigenvalue weighted by Crippen LogP contribution is -2.46. The Morgan fingerprint density at radius 2 is 2.00 bits per heavy atom. The highest BCUT2D eigenvalue weighted by Crippen LogP contribution is 2.32. The van der Waals surface area contributed by atoms with E-state index in [4.69, 9.17) is 9.47 Å². The minimum Gasteiger partial charge on any atom is -0.497 e. The van der Waals surface area contributed by atoms with E-state index in [2.05, 4.69) is 10.2 Å². The van der Waals surface area contributed by atoms with Gasteiger partial charge in [-0.1, -0.05) is 0 Å². The summed E-state index contributed by atoms with van der Waals surface area (Å²) in [5.41, 5.74) is 0.978. The van der Waals surface area contributed by atoms with Crippen molar-refractivity contribution in [2.24, 2.45) is 0 Å². The zero-order chi connectivity index (χ0) is 13.7. The van der Waals surface area contributed by atoms with E-state index < -0.39 is 0 Å². The highest BCUT2D eigenvalue weighted by Gasteiger charge is 2.24. The Kier molecular flexibility index (Phi) is 5.01. The SMILES string of the molecule is COc1ccc(OC)c(C(CO)N2CCNCC2)c1. The standard InChI is InChI=1S/C14H22N2O3/c1-18-11-3-4-14(19-2)12(9-11)13(10-17)16-7-5-15-6-8-16/h3-4,9,13,15,17H,5-8,10H2,1-2H3. The largest absolute Gasteiger partial charge is 0.497 e. The number of benzene rings is 1. The Morgan fingerprint density at radius 1 is 1.26 bits per heavy atom. The summed E-state index contributed by atoms with van der Waals surface area (Å²) in [5.74, 6) is 1.57. The normalized spacial score (nSPS) is 18.1. The third kappa shape index (κ3) is 3.18. The minimum absolute atomic E-state index is 0.0489. The molecule has 1 heterocycles. The lowest BCUT2D eigenvalue weighted by molar-refractivity contribution is 0.108. The molecule has 1 fully saturated rings. The van der Waals surface area contributed by atoms with Crippen molar-refractivity contribution >= 4 is 0 Å². The van der Waals surface area contributed by atoms with Crippen molar-refractivity contribution in [2.45, 2.75) is 6.04 Å². The van der Waals surface area contributed by atoms with Crippen LogP contribution in [0.4, 0.5) is 0 Å². The van der Waals surface area contributed by atoms with Crippen molar-refractivity contribution in [3.8, 4) is 11.5 Å². The first kappa shape index (κ1) is 14.1. The maximum atomic E-state index is 9.76.